The molecule has 2 amide bonds. The van der Waals surface area contributed by atoms with Crippen LogP contribution in [0.1, 0.15) is 59.3 Å². The number of nitro benzene ring substituents is 1. The highest BCUT2D eigenvalue weighted by Gasteiger charge is 2.61. The molecule has 4 aliphatic rings. The fraction of sp³-hybridized carbons (Fsp3) is 0.652. The molecule has 0 heterocycles. The Morgan fingerprint density at radius 2 is 1.79 bits per heavy atom. The topological polar surface area (TPSA) is 153 Å². The van der Waals surface area contributed by atoms with E-state index >= 15 is 0 Å². The van der Waals surface area contributed by atoms with Crippen LogP contribution in [-0.4, -0.2) is 47.1 Å². The van der Waals surface area contributed by atoms with Gasteiger partial charge in [0.25, 0.3) is 15.7 Å². The second-order valence-corrected chi connectivity index (χ2v) is 12.6. The number of nitrogens with two attached hydrogens (primary N) is 1. The number of amides is 2. The van der Waals surface area contributed by atoms with E-state index in [2.05, 4.69) is 5.32 Å². The van der Waals surface area contributed by atoms with Gasteiger partial charge in [0.2, 0.25) is 11.8 Å². The maximum Gasteiger partial charge on any atom is 0.289 e. The molecule has 0 aliphatic heterocycles. The van der Waals surface area contributed by atoms with Crippen molar-refractivity contribution in [3.8, 4) is 0 Å². The highest BCUT2D eigenvalue weighted by atomic mass is 32.2. The van der Waals surface area contributed by atoms with Crippen molar-refractivity contribution in [3.63, 3.8) is 0 Å². The number of likely N-dealkylation sites (N-methyl/N-ethyl adjacent to an activating group) is 1. The van der Waals surface area contributed by atoms with Gasteiger partial charge in [0, 0.05) is 18.2 Å². The van der Waals surface area contributed by atoms with E-state index in [1.807, 2.05) is 0 Å². The van der Waals surface area contributed by atoms with Crippen LogP contribution in [0.3, 0.4) is 0 Å². The van der Waals surface area contributed by atoms with Gasteiger partial charge in [-0.25, -0.2) is 8.42 Å². The zero-order valence-electron chi connectivity index (χ0n) is 19.7. The van der Waals surface area contributed by atoms with Gasteiger partial charge in [-0.05, 0) is 70.3 Å². The van der Waals surface area contributed by atoms with Gasteiger partial charge in [-0.2, -0.15) is 4.31 Å². The lowest BCUT2D eigenvalue weighted by atomic mass is 9.46. The molecule has 1 aromatic carbocycles. The minimum Gasteiger partial charge on any atom is -0.369 e. The Morgan fingerprint density at radius 3 is 2.32 bits per heavy atom. The molecule has 4 aliphatic carbocycles. The zero-order valence-corrected chi connectivity index (χ0v) is 20.6. The van der Waals surface area contributed by atoms with Gasteiger partial charge >= 0.3 is 0 Å². The quantitative estimate of drug-likeness (QED) is 0.419. The summed E-state index contributed by atoms with van der Waals surface area (Å²) in [5, 5.41) is 14.6. The Balaban J connectivity index is 1.64. The minimum atomic E-state index is -4.36. The molecule has 11 heteroatoms. The Morgan fingerprint density at radius 1 is 1.21 bits per heavy atom. The number of rotatable bonds is 8. The number of carbonyl (C=O) groups excluding carboxylic acids is 2. The molecular formula is C23H32N4O6S. The zero-order chi connectivity index (χ0) is 25.1. The van der Waals surface area contributed by atoms with Gasteiger partial charge in [-0.15, -0.1) is 0 Å². The van der Waals surface area contributed by atoms with Crippen molar-refractivity contribution in [2.45, 2.75) is 75.3 Å². The summed E-state index contributed by atoms with van der Waals surface area (Å²) < 4.78 is 28.1. The number of sulfonamides is 1. The number of nitrogens with one attached hydrogen (secondary N) is 1. The lowest BCUT2D eigenvalue weighted by Crippen LogP contribution is -2.68. The molecule has 5 rings (SSSR count). The lowest BCUT2D eigenvalue weighted by molar-refractivity contribution is -0.387. The summed E-state index contributed by atoms with van der Waals surface area (Å²) in [6, 6.07) is 5.12. The highest BCUT2D eigenvalue weighted by molar-refractivity contribution is 7.89. The standard InChI is InChI=1S/C23H32N4O6S/c1-4-26(34(32,33)18-8-6-5-7-17(18)27(30)31)21(2,3)20(29)25-23-12-15-9-16(13-23)11-22(10-15,14-23)19(24)28/h5-8,15-16H,4,9-14H2,1-3H3,(H2,24,28)(H,25,29). The molecule has 4 bridgehead atoms. The van der Waals surface area contributed by atoms with E-state index in [4.69, 9.17) is 5.73 Å². The maximum absolute atomic E-state index is 13.7. The first kappa shape index (κ1) is 24.6. The van der Waals surface area contributed by atoms with E-state index < -0.39 is 47.9 Å². The van der Waals surface area contributed by atoms with Crippen LogP contribution in [0.25, 0.3) is 0 Å². The number of nitrogens with zero attached hydrogens (tertiary/aromatic N) is 2. The summed E-state index contributed by atoms with van der Waals surface area (Å²) in [6.45, 7) is 4.54. The van der Waals surface area contributed by atoms with Gasteiger partial charge in [0.15, 0.2) is 4.90 Å². The fourth-order valence-electron chi connectivity index (χ4n) is 7.01. The van der Waals surface area contributed by atoms with Crippen molar-refractivity contribution in [1.29, 1.82) is 0 Å². The van der Waals surface area contributed by atoms with E-state index in [9.17, 15) is 28.1 Å². The molecule has 2 atom stereocenters. The molecule has 4 saturated carbocycles. The van der Waals surface area contributed by atoms with E-state index in [0.29, 0.717) is 18.3 Å². The van der Waals surface area contributed by atoms with Crippen LogP contribution in [0.15, 0.2) is 29.2 Å². The van der Waals surface area contributed by atoms with Crippen molar-refractivity contribution in [3.05, 3.63) is 34.4 Å². The number of benzene rings is 1. The molecule has 0 radical (unpaired) electrons. The molecule has 0 spiro atoms. The van der Waals surface area contributed by atoms with E-state index in [1.54, 1.807) is 6.92 Å². The molecule has 10 nitrogen and oxygen atoms in total. The van der Waals surface area contributed by atoms with Crippen molar-refractivity contribution < 1.29 is 22.9 Å². The van der Waals surface area contributed by atoms with Crippen LogP contribution in [-0.2, 0) is 19.6 Å². The molecule has 2 unspecified atom stereocenters. The molecule has 34 heavy (non-hydrogen) atoms. The van der Waals surface area contributed by atoms with E-state index in [1.165, 1.54) is 32.0 Å². The lowest BCUT2D eigenvalue weighted by Gasteiger charge is -2.61. The SMILES string of the molecule is CCN(C(C)(C)C(=O)NC12CC3CC(C1)CC(C(N)=O)(C3)C2)S(=O)(=O)c1ccccc1[N+](=O)[O-]. The van der Waals surface area contributed by atoms with Gasteiger partial charge in [-0.1, -0.05) is 19.1 Å². The number of carbonyl (C=O) groups is 2. The highest BCUT2D eigenvalue weighted by Crippen LogP contribution is 2.61. The molecule has 3 N–H and O–H groups in total. The Bertz CT molecular complexity index is 1130. The summed E-state index contributed by atoms with van der Waals surface area (Å²) in [7, 11) is -4.36. The fourth-order valence-corrected chi connectivity index (χ4v) is 8.93. The number of hydrogen-bond donors (Lipinski definition) is 2. The van der Waals surface area contributed by atoms with Crippen molar-refractivity contribution >= 4 is 27.5 Å². The van der Waals surface area contributed by atoms with Crippen LogP contribution in [0.4, 0.5) is 5.69 Å². The normalized spacial score (nSPS) is 30.4. The van der Waals surface area contributed by atoms with Gasteiger partial charge in [0.1, 0.15) is 5.54 Å². The molecule has 0 aromatic heterocycles. The van der Waals surface area contributed by atoms with Crippen molar-refractivity contribution in [2.75, 3.05) is 6.54 Å². The van der Waals surface area contributed by atoms with Crippen molar-refractivity contribution in [2.24, 2.45) is 23.0 Å². The monoisotopic (exact) mass is 492 g/mol. The number of para-hydroxylation sites is 1. The second-order valence-electron chi connectivity index (χ2n) is 10.8. The molecule has 1 aromatic rings. The summed E-state index contributed by atoms with van der Waals surface area (Å²) in [5.41, 5.74) is 2.51. The van der Waals surface area contributed by atoms with E-state index in [-0.39, 0.29) is 12.5 Å². The van der Waals surface area contributed by atoms with Gasteiger partial charge in [0.05, 0.1) is 10.3 Å². The Labute approximate surface area is 199 Å². The largest absolute Gasteiger partial charge is 0.369 e. The van der Waals surface area contributed by atoms with E-state index in [0.717, 1.165) is 42.5 Å². The third-order valence-corrected chi connectivity index (χ3v) is 10.3. The third-order valence-electron chi connectivity index (χ3n) is 8.06. The van der Waals surface area contributed by atoms with Gasteiger partial charge < -0.3 is 11.1 Å². The average molecular weight is 493 g/mol. The number of primary amides is 1. The van der Waals surface area contributed by atoms with Gasteiger partial charge in [-0.3, -0.25) is 19.7 Å². The smallest absolute Gasteiger partial charge is 0.289 e. The molecular weight excluding hydrogens is 460 g/mol. The Hall–Kier alpha value is -2.53. The van der Waals surface area contributed by atoms with Crippen LogP contribution in [0, 0.1) is 27.4 Å². The van der Waals surface area contributed by atoms with Crippen LogP contribution in [0.2, 0.25) is 0 Å². The maximum atomic E-state index is 13.7. The Kier molecular flexibility index (Phi) is 5.79. The predicted molar refractivity (Wildman–Crippen MR) is 124 cm³/mol. The second kappa shape index (κ2) is 8.01. The minimum absolute atomic E-state index is 0.0573. The summed E-state index contributed by atoms with van der Waals surface area (Å²) in [5.74, 6) is -0.211. The van der Waals surface area contributed by atoms with Crippen molar-refractivity contribution in [1.82, 2.24) is 9.62 Å². The first-order valence-corrected chi connectivity index (χ1v) is 13.1. The first-order valence-electron chi connectivity index (χ1n) is 11.7. The summed E-state index contributed by atoms with van der Waals surface area (Å²) in [4.78, 5) is 36.3. The summed E-state index contributed by atoms with van der Waals surface area (Å²) >= 11 is 0. The number of nitro groups is 1. The van der Waals surface area contributed by atoms with Crippen LogP contribution >= 0.6 is 0 Å². The van der Waals surface area contributed by atoms with Crippen LogP contribution < -0.4 is 11.1 Å². The third kappa shape index (κ3) is 3.78. The predicted octanol–water partition coefficient (Wildman–Crippen LogP) is 2.32. The first-order chi connectivity index (χ1) is 15.8. The number of hydrogen-bond acceptors (Lipinski definition) is 6. The molecule has 0 saturated heterocycles. The van der Waals surface area contributed by atoms with Crippen LogP contribution in [0.5, 0.6) is 0 Å². The molecule has 4 fully saturated rings. The summed E-state index contributed by atoms with van der Waals surface area (Å²) in [6.07, 6.45) is 4.45. The molecule has 186 valence electrons. The average Bonchev–Trinajstić information content (AvgIpc) is 2.72.